The van der Waals surface area contributed by atoms with Gasteiger partial charge in [0.05, 0.1) is 13.2 Å². The topological polar surface area (TPSA) is 65.1 Å². The van der Waals surface area contributed by atoms with Gasteiger partial charge in [-0.25, -0.2) is 9.59 Å². The van der Waals surface area contributed by atoms with E-state index >= 15 is 0 Å². The largest absolute Gasteiger partial charge is 0.467 e. The van der Waals surface area contributed by atoms with E-state index in [1.54, 1.807) is 4.90 Å². The Bertz CT molecular complexity index is 601. The van der Waals surface area contributed by atoms with Crippen LogP contribution in [0.25, 0.3) is 0 Å². The van der Waals surface area contributed by atoms with E-state index in [1.165, 1.54) is 7.11 Å². The fourth-order valence-corrected chi connectivity index (χ4v) is 3.62. The molecular formula is C19H25NO5. The number of nitrogens with zero attached hydrogens (tertiary/aromatic N) is 1. The molecule has 0 aromatic heterocycles. The Morgan fingerprint density at radius 3 is 2.72 bits per heavy atom. The van der Waals surface area contributed by atoms with Crippen molar-refractivity contribution in [2.24, 2.45) is 0 Å². The van der Waals surface area contributed by atoms with Gasteiger partial charge < -0.3 is 14.2 Å². The first-order valence-corrected chi connectivity index (χ1v) is 8.84. The number of carbonyl (C=O) groups is 2. The molecule has 0 bridgehead atoms. The number of esters is 1. The number of likely N-dealkylation sites (tertiary alicyclic amines) is 1. The van der Waals surface area contributed by atoms with E-state index in [2.05, 4.69) is 0 Å². The molecule has 1 amide bonds. The predicted octanol–water partition coefficient (Wildman–Crippen LogP) is 2.90. The van der Waals surface area contributed by atoms with Crippen molar-refractivity contribution in [3.05, 3.63) is 35.9 Å². The first kappa shape index (κ1) is 17.7. The van der Waals surface area contributed by atoms with Crippen LogP contribution in [-0.4, -0.2) is 48.9 Å². The molecule has 0 N–H and O–H groups in total. The van der Waals surface area contributed by atoms with Crippen LogP contribution in [0.5, 0.6) is 0 Å². The second-order valence-corrected chi connectivity index (χ2v) is 6.64. The molecule has 136 valence electrons. The monoisotopic (exact) mass is 347 g/mol. The van der Waals surface area contributed by atoms with Gasteiger partial charge in [0.2, 0.25) is 0 Å². The van der Waals surface area contributed by atoms with Crippen LogP contribution in [0.4, 0.5) is 4.79 Å². The molecule has 0 aliphatic carbocycles. The lowest BCUT2D eigenvalue weighted by Crippen LogP contribution is -2.54. The number of hydrogen-bond donors (Lipinski definition) is 0. The van der Waals surface area contributed by atoms with E-state index in [0.717, 1.165) is 31.4 Å². The highest BCUT2D eigenvalue weighted by atomic mass is 16.6. The van der Waals surface area contributed by atoms with Gasteiger partial charge in [0.25, 0.3) is 0 Å². The number of ether oxygens (including phenoxy) is 3. The van der Waals surface area contributed by atoms with Crippen LogP contribution < -0.4 is 0 Å². The highest BCUT2D eigenvalue weighted by Crippen LogP contribution is 2.37. The minimum atomic E-state index is -0.929. The molecule has 2 aliphatic rings. The first-order valence-electron chi connectivity index (χ1n) is 8.84. The Hall–Kier alpha value is -2.08. The molecule has 2 saturated heterocycles. The molecule has 1 aromatic carbocycles. The van der Waals surface area contributed by atoms with E-state index < -0.39 is 11.6 Å². The molecule has 2 aliphatic heterocycles. The average molecular weight is 347 g/mol. The Balaban J connectivity index is 1.67. The molecular weight excluding hydrogens is 322 g/mol. The number of carbonyl (C=O) groups excluding carboxylic acids is 2. The second-order valence-electron chi connectivity index (χ2n) is 6.64. The van der Waals surface area contributed by atoms with Crippen LogP contribution in [0.3, 0.4) is 0 Å². The second kappa shape index (κ2) is 7.87. The van der Waals surface area contributed by atoms with E-state index in [-0.39, 0.29) is 18.7 Å². The summed E-state index contributed by atoms with van der Waals surface area (Å²) >= 11 is 0. The normalized spacial score (nSPS) is 25.3. The third kappa shape index (κ3) is 3.79. The molecule has 0 radical (unpaired) electrons. The van der Waals surface area contributed by atoms with Crippen LogP contribution in [-0.2, 0) is 25.6 Å². The van der Waals surface area contributed by atoms with Gasteiger partial charge in [0.15, 0.2) is 0 Å². The maximum Gasteiger partial charge on any atom is 0.411 e. The van der Waals surface area contributed by atoms with Gasteiger partial charge in [0, 0.05) is 13.2 Å². The summed E-state index contributed by atoms with van der Waals surface area (Å²) in [6.07, 6.45) is 3.40. The van der Waals surface area contributed by atoms with Gasteiger partial charge in [-0.2, -0.15) is 0 Å². The SMILES string of the molecule is COC(=O)C1(CCC2CCO2)CCCN1C(=O)OCc1ccccc1. The van der Waals surface area contributed by atoms with Gasteiger partial charge in [-0.05, 0) is 37.7 Å². The lowest BCUT2D eigenvalue weighted by molar-refractivity contribution is -0.154. The summed E-state index contributed by atoms with van der Waals surface area (Å²) in [6, 6.07) is 9.51. The molecule has 1 aromatic rings. The quantitative estimate of drug-likeness (QED) is 0.740. The molecule has 2 unspecified atom stereocenters. The van der Waals surface area contributed by atoms with Gasteiger partial charge >= 0.3 is 12.1 Å². The number of hydrogen-bond acceptors (Lipinski definition) is 5. The van der Waals surface area contributed by atoms with E-state index in [9.17, 15) is 9.59 Å². The van der Waals surface area contributed by atoms with Crippen LogP contribution in [0, 0.1) is 0 Å². The zero-order valence-corrected chi connectivity index (χ0v) is 14.6. The summed E-state index contributed by atoms with van der Waals surface area (Å²) in [5, 5.41) is 0. The van der Waals surface area contributed by atoms with Crippen molar-refractivity contribution in [3.63, 3.8) is 0 Å². The average Bonchev–Trinajstić information content (AvgIpc) is 3.03. The van der Waals surface area contributed by atoms with Gasteiger partial charge in [0.1, 0.15) is 12.1 Å². The summed E-state index contributed by atoms with van der Waals surface area (Å²) in [5.41, 5.74) is -0.0110. The molecule has 6 nitrogen and oxygen atoms in total. The highest BCUT2D eigenvalue weighted by molar-refractivity contribution is 5.86. The molecule has 2 fully saturated rings. The van der Waals surface area contributed by atoms with E-state index in [1.807, 2.05) is 30.3 Å². The molecule has 2 heterocycles. The van der Waals surface area contributed by atoms with Gasteiger partial charge in [-0.1, -0.05) is 30.3 Å². The van der Waals surface area contributed by atoms with Crippen LogP contribution in [0.1, 0.15) is 37.7 Å². The summed E-state index contributed by atoms with van der Waals surface area (Å²) < 4.78 is 16.0. The maximum absolute atomic E-state index is 12.6. The van der Waals surface area contributed by atoms with Crippen molar-refractivity contribution < 1.29 is 23.8 Å². The van der Waals surface area contributed by atoms with Crippen LogP contribution in [0.15, 0.2) is 30.3 Å². The van der Waals surface area contributed by atoms with Crippen LogP contribution >= 0.6 is 0 Å². The number of rotatable bonds is 6. The third-order valence-electron chi connectivity index (χ3n) is 5.15. The first-order chi connectivity index (χ1) is 12.2. The van der Waals surface area contributed by atoms with E-state index in [4.69, 9.17) is 14.2 Å². The van der Waals surface area contributed by atoms with Gasteiger partial charge in [-0.15, -0.1) is 0 Å². The van der Waals surface area contributed by atoms with Crippen molar-refractivity contribution in [1.82, 2.24) is 4.90 Å². The van der Waals surface area contributed by atoms with Crippen molar-refractivity contribution in [3.8, 4) is 0 Å². The number of methoxy groups -OCH3 is 1. The summed E-state index contributed by atoms with van der Waals surface area (Å²) in [7, 11) is 1.37. The lowest BCUT2D eigenvalue weighted by Gasteiger charge is -2.37. The number of amides is 1. The van der Waals surface area contributed by atoms with E-state index in [0.29, 0.717) is 19.4 Å². The lowest BCUT2D eigenvalue weighted by atomic mass is 9.88. The highest BCUT2D eigenvalue weighted by Gasteiger charge is 2.51. The Morgan fingerprint density at radius 1 is 1.32 bits per heavy atom. The van der Waals surface area contributed by atoms with Crippen molar-refractivity contribution >= 4 is 12.1 Å². The Morgan fingerprint density at radius 2 is 2.08 bits per heavy atom. The smallest absolute Gasteiger partial charge is 0.411 e. The zero-order valence-electron chi connectivity index (χ0n) is 14.6. The van der Waals surface area contributed by atoms with Crippen molar-refractivity contribution in [1.29, 1.82) is 0 Å². The summed E-state index contributed by atoms with van der Waals surface area (Å²) in [5.74, 6) is -0.360. The minimum Gasteiger partial charge on any atom is -0.467 e. The molecule has 6 heteroatoms. The Kier molecular flexibility index (Phi) is 5.58. The standard InChI is InChI=1S/C19H25NO5/c1-23-17(21)19(11-8-16-9-13-24-16)10-5-12-20(19)18(22)25-14-15-6-3-2-4-7-15/h2-4,6-7,16H,5,8-14H2,1H3. The number of benzene rings is 1. The molecule has 2 atom stereocenters. The van der Waals surface area contributed by atoms with Crippen molar-refractivity contribution in [2.45, 2.75) is 50.4 Å². The zero-order chi connectivity index (χ0) is 17.7. The third-order valence-corrected chi connectivity index (χ3v) is 5.15. The molecule has 0 saturated carbocycles. The predicted molar refractivity (Wildman–Crippen MR) is 90.9 cm³/mol. The van der Waals surface area contributed by atoms with Crippen molar-refractivity contribution in [2.75, 3.05) is 20.3 Å². The minimum absolute atomic E-state index is 0.185. The maximum atomic E-state index is 12.6. The van der Waals surface area contributed by atoms with Crippen LogP contribution in [0.2, 0.25) is 0 Å². The summed E-state index contributed by atoms with van der Waals surface area (Å²) in [4.78, 5) is 26.7. The Labute approximate surface area is 148 Å². The summed E-state index contributed by atoms with van der Waals surface area (Å²) in [6.45, 7) is 1.48. The molecule has 3 rings (SSSR count). The molecule has 0 spiro atoms. The fraction of sp³-hybridized carbons (Fsp3) is 0.579. The fourth-order valence-electron chi connectivity index (χ4n) is 3.62. The molecule has 25 heavy (non-hydrogen) atoms. The van der Waals surface area contributed by atoms with Gasteiger partial charge in [-0.3, -0.25) is 4.90 Å².